The topological polar surface area (TPSA) is 33.0 Å². The second-order valence-electron chi connectivity index (χ2n) is 5.45. The average Bonchev–Trinajstić information content (AvgIpc) is 2.29. The molecular weight excluding hydrogens is 290 g/mol. The van der Waals surface area contributed by atoms with Crippen LogP contribution in [0.25, 0.3) is 0 Å². The Kier molecular flexibility index (Phi) is 4.81. The van der Waals surface area contributed by atoms with Crippen molar-refractivity contribution < 1.29 is 4.74 Å². The molecule has 98 valence electrons. The third kappa shape index (κ3) is 3.49. The maximum absolute atomic E-state index is 8.89. The van der Waals surface area contributed by atoms with Crippen molar-refractivity contribution >= 4 is 15.9 Å². The maximum atomic E-state index is 8.89. The van der Waals surface area contributed by atoms with E-state index in [9.17, 15) is 0 Å². The van der Waals surface area contributed by atoms with Crippen molar-refractivity contribution in [3.05, 3.63) is 27.7 Å². The minimum absolute atomic E-state index is 0.0157. The zero-order valence-corrected chi connectivity index (χ0v) is 13.3. The molecule has 1 aromatic carbocycles. The summed E-state index contributed by atoms with van der Waals surface area (Å²) in [5.74, 6) is 0.786. The Bertz CT molecular complexity index is 469. The molecule has 0 amide bonds. The van der Waals surface area contributed by atoms with Gasteiger partial charge in [0.1, 0.15) is 11.8 Å². The third-order valence-electron chi connectivity index (χ3n) is 2.80. The zero-order chi connectivity index (χ0) is 13.9. The number of hydrogen-bond acceptors (Lipinski definition) is 2. The van der Waals surface area contributed by atoms with Crippen LogP contribution in [0, 0.1) is 11.3 Å². The number of ether oxygens (including phenoxy) is 1. The molecule has 1 rings (SSSR count). The van der Waals surface area contributed by atoms with Gasteiger partial charge in [0.2, 0.25) is 0 Å². The predicted octanol–water partition coefficient (Wildman–Crippen LogP) is 4.60. The van der Waals surface area contributed by atoms with Crippen molar-refractivity contribution in [3.63, 3.8) is 0 Å². The first kappa shape index (κ1) is 15.0. The molecule has 0 aliphatic rings. The minimum Gasteiger partial charge on any atom is -0.474 e. The van der Waals surface area contributed by atoms with Gasteiger partial charge in [0, 0.05) is 5.56 Å². The summed E-state index contributed by atoms with van der Waals surface area (Å²) in [4.78, 5) is 0. The van der Waals surface area contributed by atoms with E-state index in [2.05, 4.69) is 61.8 Å². The quantitative estimate of drug-likeness (QED) is 0.817. The number of benzene rings is 1. The Balaban J connectivity index is 3.35. The Hall–Kier alpha value is -1.01. The first-order valence-corrected chi connectivity index (χ1v) is 6.98. The normalized spacial score (nSPS) is 12.9. The molecule has 0 fully saturated rings. The Morgan fingerprint density at radius 3 is 2.44 bits per heavy atom. The molecule has 0 aliphatic carbocycles. The number of hydrogen-bond donors (Lipinski definition) is 0. The van der Waals surface area contributed by atoms with Gasteiger partial charge in [0.15, 0.2) is 6.10 Å². The lowest BCUT2D eigenvalue weighted by atomic mass is 9.85. The smallest absolute Gasteiger partial charge is 0.181 e. The lowest BCUT2D eigenvalue weighted by Crippen LogP contribution is -2.17. The Morgan fingerprint density at radius 2 is 2.00 bits per heavy atom. The van der Waals surface area contributed by atoms with Crippen molar-refractivity contribution in [1.29, 1.82) is 5.26 Å². The molecule has 0 saturated carbocycles. The lowest BCUT2D eigenvalue weighted by molar-refractivity contribution is 0.267. The summed E-state index contributed by atoms with van der Waals surface area (Å²) in [6, 6.07) is 6.34. The van der Waals surface area contributed by atoms with Crippen LogP contribution >= 0.6 is 15.9 Å². The van der Waals surface area contributed by atoms with Gasteiger partial charge in [-0.15, -0.1) is 0 Å². The number of nitrogens with zero attached hydrogens (tertiary/aromatic N) is 1. The minimum atomic E-state index is -0.449. The van der Waals surface area contributed by atoms with Crippen LogP contribution in [-0.4, -0.2) is 6.10 Å². The number of rotatable bonds is 3. The summed E-state index contributed by atoms with van der Waals surface area (Å²) in [6.45, 7) is 10.3. The van der Waals surface area contributed by atoms with Crippen LogP contribution in [0.1, 0.15) is 45.7 Å². The molecule has 1 unspecified atom stereocenters. The highest BCUT2D eigenvalue weighted by Gasteiger charge is 2.23. The second kappa shape index (κ2) is 5.75. The SMILES string of the molecule is CCc1cc(Br)c(OC(C)C#N)c(C(C)(C)C)c1. The molecule has 0 heterocycles. The summed E-state index contributed by atoms with van der Waals surface area (Å²) in [5.41, 5.74) is 2.39. The molecular formula is C15H20BrNO. The lowest BCUT2D eigenvalue weighted by Gasteiger charge is -2.25. The summed E-state index contributed by atoms with van der Waals surface area (Å²) in [6.07, 6.45) is 0.533. The van der Waals surface area contributed by atoms with Crippen molar-refractivity contribution in [2.45, 2.75) is 52.6 Å². The molecule has 2 nitrogen and oxygen atoms in total. The van der Waals surface area contributed by atoms with Crippen LogP contribution in [-0.2, 0) is 11.8 Å². The van der Waals surface area contributed by atoms with Crippen molar-refractivity contribution in [2.75, 3.05) is 0 Å². The van der Waals surface area contributed by atoms with Crippen molar-refractivity contribution in [3.8, 4) is 11.8 Å². The van der Waals surface area contributed by atoms with Gasteiger partial charge < -0.3 is 4.74 Å². The van der Waals surface area contributed by atoms with Gasteiger partial charge in [-0.3, -0.25) is 0 Å². The summed E-state index contributed by atoms with van der Waals surface area (Å²) in [7, 11) is 0. The van der Waals surface area contributed by atoms with Crippen LogP contribution in [0.4, 0.5) is 0 Å². The van der Waals surface area contributed by atoms with E-state index in [1.54, 1.807) is 6.92 Å². The van der Waals surface area contributed by atoms with Gasteiger partial charge in [-0.25, -0.2) is 0 Å². The number of halogens is 1. The molecule has 1 aromatic rings. The van der Waals surface area contributed by atoms with Gasteiger partial charge in [-0.2, -0.15) is 5.26 Å². The molecule has 0 spiro atoms. The predicted molar refractivity (Wildman–Crippen MR) is 77.9 cm³/mol. The molecule has 0 saturated heterocycles. The van der Waals surface area contributed by atoms with Crippen LogP contribution in [0.5, 0.6) is 5.75 Å². The van der Waals surface area contributed by atoms with Crippen LogP contribution < -0.4 is 4.74 Å². The van der Waals surface area contributed by atoms with Crippen LogP contribution in [0.15, 0.2) is 16.6 Å². The van der Waals surface area contributed by atoms with Gasteiger partial charge >= 0.3 is 0 Å². The maximum Gasteiger partial charge on any atom is 0.181 e. The number of nitriles is 1. The van der Waals surface area contributed by atoms with E-state index >= 15 is 0 Å². The van der Waals surface area contributed by atoms with Gasteiger partial charge in [-0.1, -0.05) is 33.8 Å². The van der Waals surface area contributed by atoms with E-state index in [1.807, 2.05) is 0 Å². The standard InChI is InChI=1S/C15H20BrNO/c1-6-11-7-12(15(3,4)5)14(13(16)8-11)18-10(2)9-17/h7-8,10H,6H2,1-5H3. The first-order chi connectivity index (χ1) is 8.29. The molecule has 3 heteroatoms. The van der Waals surface area contributed by atoms with E-state index < -0.39 is 6.10 Å². The van der Waals surface area contributed by atoms with Crippen molar-refractivity contribution in [1.82, 2.24) is 0 Å². The highest BCUT2D eigenvalue weighted by molar-refractivity contribution is 9.10. The van der Waals surface area contributed by atoms with E-state index in [-0.39, 0.29) is 5.41 Å². The van der Waals surface area contributed by atoms with E-state index in [4.69, 9.17) is 10.00 Å². The molecule has 0 aromatic heterocycles. The molecule has 18 heavy (non-hydrogen) atoms. The summed E-state index contributed by atoms with van der Waals surface area (Å²) in [5, 5.41) is 8.89. The van der Waals surface area contributed by atoms with Gasteiger partial charge in [0.25, 0.3) is 0 Å². The molecule has 0 N–H and O–H groups in total. The van der Waals surface area contributed by atoms with E-state index in [0.717, 1.165) is 22.2 Å². The van der Waals surface area contributed by atoms with Crippen LogP contribution in [0.3, 0.4) is 0 Å². The fourth-order valence-corrected chi connectivity index (χ4v) is 2.33. The highest BCUT2D eigenvalue weighted by Crippen LogP contribution is 2.38. The highest BCUT2D eigenvalue weighted by atomic mass is 79.9. The molecule has 0 bridgehead atoms. The Labute approximate surface area is 118 Å². The second-order valence-corrected chi connectivity index (χ2v) is 6.30. The summed E-state index contributed by atoms with van der Waals surface area (Å²) < 4.78 is 6.67. The molecule has 0 radical (unpaired) electrons. The fourth-order valence-electron chi connectivity index (χ4n) is 1.73. The third-order valence-corrected chi connectivity index (χ3v) is 3.39. The number of aryl methyl sites for hydroxylation is 1. The Morgan fingerprint density at radius 1 is 1.39 bits per heavy atom. The van der Waals surface area contributed by atoms with Gasteiger partial charge in [0.05, 0.1) is 4.47 Å². The van der Waals surface area contributed by atoms with E-state index in [1.165, 1.54) is 5.56 Å². The summed E-state index contributed by atoms with van der Waals surface area (Å²) >= 11 is 3.55. The monoisotopic (exact) mass is 309 g/mol. The van der Waals surface area contributed by atoms with Crippen molar-refractivity contribution in [2.24, 2.45) is 0 Å². The van der Waals surface area contributed by atoms with Gasteiger partial charge in [-0.05, 0) is 46.3 Å². The van der Waals surface area contributed by atoms with Crippen LogP contribution in [0.2, 0.25) is 0 Å². The average molecular weight is 310 g/mol. The molecule has 1 atom stereocenters. The van der Waals surface area contributed by atoms with E-state index in [0.29, 0.717) is 0 Å². The largest absolute Gasteiger partial charge is 0.474 e. The fraction of sp³-hybridized carbons (Fsp3) is 0.533. The zero-order valence-electron chi connectivity index (χ0n) is 11.7. The molecule has 0 aliphatic heterocycles. The first-order valence-electron chi connectivity index (χ1n) is 6.18.